The molecule has 2 aliphatic rings. The fourth-order valence-electron chi connectivity index (χ4n) is 3.98. The number of hydrogen-bond donors (Lipinski definition) is 1. The van der Waals surface area contributed by atoms with Crippen LogP contribution in [-0.4, -0.2) is 38.7 Å². The van der Waals surface area contributed by atoms with Crippen molar-refractivity contribution in [1.29, 1.82) is 0 Å². The van der Waals surface area contributed by atoms with Gasteiger partial charge in [0.05, 0.1) is 0 Å². The van der Waals surface area contributed by atoms with Crippen LogP contribution in [0.3, 0.4) is 0 Å². The first-order chi connectivity index (χ1) is 12.1. The first-order valence-electron chi connectivity index (χ1n) is 9.16. The Hall–Kier alpha value is -1.63. The van der Waals surface area contributed by atoms with Gasteiger partial charge in [-0.3, -0.25) is 4.79 Å². The summed E-state index contributed by atoms with van der Waals surface area (Å²) in [6.07, 6.45) is 4.20. The molecule has 1 saturated heterocycles. The number of likely N-dealkylation sites (tertiary alicyclic amines) is 1. The van der Waals surface area contributed by atoms with Gasteiger partial charge in [0.25, 0.3) is 0 Å². The van der Waals surface area contributed by atoms with Gasteiger partial charge < -0.3 is 15.2 Å². The topological polar surface area (TPSA) is 77.0 Å². The van der Waals surface area contributed by atoms with Crippen molar-refractivity contribution < 1.29 is 4.79 Å². The number of benzene rings is 1. The number of hydrogen-bond acceptors (Lipinski definition) is 4. The van der Waals surface area contributed by atoms with Gasteiger partial charge >= 0.3 is 0 Å². The highest BCUT2D eigenvalue weighted by atomic mass is 35.5. The number of nitrogens with two attached hydrogens (primary N) is 1. The molecule has 2 N–H and O–H groups in total. The zero-order valence-electron chi connectivity index (χ0n) is 15.5. The Bertz CT molecular complexity index is 777. The molecular weight excluding hydrogens is 385 g/mol. The standard InChI is InChI=1S/C19H25N5O.2ClH/c1-13-6-8-14(9-7-13)17(20)19(25)23-10-2-4-15(12-23)18-22-21-16-5-3-11-24(16)18;;/h6-9,15,17H,2-5,10-12,20H2,1H3;2*1H. The molecule has 3 heterocycles. The van der Waals surface area contributed by atoms with Crippen molar-refractivity contribution in [3.8, 4) is 0 Å². The van der Waals surface area contributed by atoms with E-state index in [1.54, 1.807) is 0 Å². The van der Waals surface area contributed by atoms with Crippen molar-refractivity contribution in [3.05, 3.63) is 47.0 Å². The zero-order chi connectivity index (χ0) is 17.4. The lowest BCUT2D eigenvalue weighted by atomic mass is 9.95. The molecule has 2 aromatic rings. The highest BCUT2D eigenvalue weighted by Gasteiger charge is 2.32. The van der Waals surface area contributed by atoms with Gasteiger partial charge in [0, 0.05) is 32.0 Å². The number of carbonyl (C=O) groups excluding carboxylic acids is 1. The number of rotatable bonds is 3. The molecule has 1 fully saturated rings. The van der Waals surface area contributed by atoms with Gasteiger partial charge in [0.15, 0.2) is 0 Å². The average molecular weight is 412 g/mol. The third-order valence-electron chi connectivity index (χ3n) is 5.44. The lowest BCUT2D eigenvalue weighted by molar-refractivity contribution is -0.134. The van der Waals surface area contributed by atoms with Gasteiger partial charge in [0.1, 0.15) is 17.7 Å². The number of aromatic nitrogens is 3. The number of aryl methyl sites for hydroxylation is 2. The van der Waals surface area contributed by atoms with Crippen molar-refractivity contribution in [2.45, 2.75) is 51.1 Å². The monoisotopic (exact) mass is 411 g/mol. The fourth-order valence-corrected chi connectivity index (χ4v) is 3.98. The van der Waals surface area contributed by atoms with E-state index in [1.807, 2.05) is 36.1 Å². The summed E-state index contributed by atoms with van der Waals surface area (Å²) in [7, 11) is 0. The predicted octanol–water partition coefficient (Wildman–Crippen LogP) is 2.78. The number of piperidine rings is 1. The molecule has 1 aromatic carbocycles. The van der Waals surface area contributed by atoms with Crippen LogP contribution in [0.2, 0.25) is 0 Å². The minimum atomic E-state index is -0.594. The smallest absolute Gasteiger partial charge is 0.244 e. The number of amides is 1. The molecule has 148 valence electrons. The molecule has 1 amide bonds. The van der Waals surface area contributed by atoms with E-state index in [1.165, 1.54) is 5.56 Å². The second kappa shape index (κ2) is 9.04. The highest BCUT2D eigenvalue weighted by molar-refractivity contribution is 5.85. The van der Waals surface area contributed by atoms with Crippen LogP contribution in [0.4, 0.5) is 0 Å². The molecule has 0 saturated carbocycles. The molecule has 27 heavy (non-hydrogen) atoms. The predicted molar refractivity (Wildman–Crippen MR) is 110 cm³/mol. The van der Waals surface area contributed by atoms with E-state index in [-0.39, 0.29) is 36.6 Å². The van der Waals surface area contributed by atoms with Gasteiger partial charge in [-0.05, 0) is 31.7 Å². The van der Waals surface area contributed by atoms with E-state index in [0.29, 0.717) is 6.54 Å². The second-order valence-electron chi connectivity index (χ2n) is 7.24. The molecule has 8 heteroatoms. The summed E-state index contributed by atoms with van der Waals surface area (Å²) < 4.78 is 2.25. The minimum Gasteiger partial charge on any atom is -0.340 e. The van der Waals surface area contributed by atoms with E-state index in [2.05, 4.69) is 14.8 Å². The van der Waals surface area contributed by atoms with E-state index in [9.17, 15) is 4.79 Å². The normalized spacial score (nSPS) is 19.6. The number of carbonyl (C=O) groups is 1. The molecule has 0 radical (unpaired) electrons. The van der Waals surface area contributed by atoms with Gasteiger partial charge in [0.2, 0.25) is 5.91 Å². The largest absolute Gasteiger partial charge is 0.340 e. The average Bonchev–Trinajstić information content (AvgIpc) is 3.25. The Balaban J connectivity index is 0.00000131. The van der Waals surface area contributed by atoms with Crippen molar-refractivity contribution in [2.75, 3.05) is 13.1 Å². The van der Waals surface area contributed by atoms with Crippen LogP contribution in [0.25, 0.3) is 0 Å². The maximum absolute atomic E-state index is 12.9. The van der Waals surface area contributed by atoms with Crippen LogP contribution >= 0.6 is 24.8 Å². The van der Waals surface area contributed by atoms with Crippen molar-refractivity contribution in [3.63, 3.8) is 0 Å². The molecule has 1 aromatic heterocycles. The summed E-state index contributed by atoms with van der Waals surface area (Å²) >= 11 is 0. The van der Waals surface area contributed by atoms with Crippen molar-refractivity contribution >= 4 is 30.7 Å². The summed E-state index contributed by atoms with van der Waals surface area (Å²) in [5.74, 6) is 2.42. The van der Waals surface area contributed by atoms with E-state index in [4.69, 9.17) is 5.73 Å². The van der Waals surface area contributed by atoms with Crippen LogP contribution in [0.1, 0.15) is 54.0 Å². The van der Waals surface area contributed by atoms with Gasteiger partial charge in [-0.25, -0.2) is 0 Å². The minimum absolute atomic E-state index is 0. The summed E-state index contributed by atoms with van der Waals surface area (Å²) in [5.41, 5.74) is 8.29. The molecule has 0 spiro atoms. The van der Waals surface area contributed by atoms with Gasteiger partial charge in [-0.15, -0.1) is 35.0 Å². The number of fused-ring (bicyclic) bond motifs is 1. The highest BCUT2D eigenvalue weighted by Crippen LogP contribution is 2.29. The number of halogens is 2. The molecule has 0 aliphatic carbocycles. The molecule has 0 bridgehead atoms. The Morgan fingerprint density at radius 2 is 1.89 bits per heavy atom. The van der Waals surface area contributed by atoms with E-state index < -0.39 is 6.04 Å². The fraction of sp³-hybridized carbons (Fsp3) is 0.526. The van der Waals surface area contributed by atoms with Crippen LogP contribution in [0.5, 0.6) is 0 Å². The third kappa shape index (κ3) is 4.28. The summed E-state index contributed by atoms with van der Waals surface area (Å²) in [6, 6.07) is 7.31. The first kappa shape index (κ1) is 21.7. The van der Waals surface area contributed by atoms with Crippen LogP contribution < -0.4 is 5.73 Å². The van der Waals surface area contributed by atoms with Gasteiger partial charge in [-0.2, -0.15) is 0 Å². The lowest BCUT2D eigenvalue weighted by Crippen LogP contribution is -2.44. The molecule has 6 nitrogen and oxygen atoms in total. The quantitative estimate of drug-likeness (QED) is 0.841. The Morgan fingerprint density at radius 3 is 2.63 bits per heavy atom. The van der Waals surface area contributed by atoms with Crippen molar-refractivity contribution in [2.24, 2.45) is 5.73 Å². The maximum Gasteiger partial charge on any atom is 0.244 e. The van der Waals surface area contributed by atoms with Crippen LogP contribution in [0.15, 0.2) is 24.3 Å². The SMILES string of the molecule is Cc1ccc(C(N)C(=O)N2CCCC(c3nnc4n3CCC4)C2)cc1.Cl.Cl. The molecule has 2 aliphatic heterocycles. The van der Waals surface area contributed by atoms with Crippen LogP contribution in [0, 0.1) is 6.92 Å². The Labute approximate surface area is 172 Å². The van der Waals surface area contributed by atoms with Gasteiger partial charge in [-0.1, -0.05) is 29.8 Å². The first-order valence-corrected chi connectivity index (χ1v) is 9.16. The third-order valence-corrected chi connectivity index (χ3v) is 5.44. The van der Waals surface area contributed by atoms with Crippen molar-refractivity contribution in [1.82, 2.24) is 19.7 Å². The summed E-state index contributed by atoms with van der Waals surface area (Å²) in [6.45, 7) is 4.50. The summed E-state index contributed by atoms with van der Waals surface area (Å²) in [4.78, 5) is 14.8. The zero-order valence-corrected chi connectivity index (χ0v) is 17.1. The molecule has 2 atom stereocenters. The Kier molecular flexibility index (Phi) is 7.25. The second-order valence-corrected chi connectivity index (χ2v) is 7.24. The van der Waals surface area contributed by atoms with E-state index >= 15 is 0 Å². The number of nitrogens with zero attached hydrogens (tertiary/aromatic N) is 4. The van der Waals surface area contributed by atoms with E-state index in [0.717, 1.165) is 56.0 Å². The molecule has 4 rings (SSSR count). The van der Waals surface area contributed by atoms with Crippen LogP contribution in [-0.2, 0) is 17.8 Å². The lowest BCUT2D eigenvalue weighted by Gasteiger charge is -2.34. The summed E-state index contributed by atoms with van der Waals surface area (Å²) in [5, 5.41) is 8.73. The Morgan fingerprint density at radius 1 is 1.15 bits per heavy atom. The molecule has 2 unspecified atom stereocenters. The molecular formula is C19H27Cl2N5O. The maximum atomic E-state index is 12.9.